The number of ether oxygens (including phenoxy) is 1. The molecule has 0 spiro atoms. The maximum atomic E-state index is 6.07. The Morgan fingerprint density at radius 2 is 1.78 bits per heavy atom. The summed E-state index contributed by atoms with van der Waals surface area (Å²) in [7, 11) is 1.71. The summed E-state index contributed by atoms with van der Waals surface area (Å²) in [5, 5.41) is 3.52. The van der Waals surface area contributed by atoms with Crippen LogP contribution in [0.5, 0.6) is 5.75 Å². The van der Waals surface area contributed by atoms with Crippen LogP contribution in [0, 0.1) is 0 Å². The van der Waals surface area contributed by atoms with Gasteiger partial charge in [0, 0.05) is 24.2 Å². The van der Waals surface area contributed by atoms with Crippen molar-refractivity contribution in [1.82, 2.24) is 5.32 Å². The Kier molecular flexibility index (Phi) is 6.63. The Labute approximate surface area is 139 Å². The summed E-state index contributed by atoms with van der Waals surface area (Å²) < 4.78 is 5.44. The normalized spacial score (nSPS) is 13.6. The molecule has 0 bridgehead atoms. The smallest absolute Gasteiger partial charge is 0.126 e. The molecule has 0 aliphatic heterocycles. The summed E-state index contributed by atoms with van der Waals surface area (Å²) >= 11 is 0. The van der Waals surface area contributed by atoms with Crippen LogP contribution in [-0.2, 0) is 0 Å². The highest BCUT2D eigenvalue weighted by molar-refractivity contribution is 5.70. The average molecular weight is 312 g/mol. The number of nitrogens with two attached hydrogens (primary N) is 1. The molecule has 0 aliphatic rings. The predicted molar refractivity (Wildman–Crippen MR) is 97.7 cm³/mol. The van der Waals surface area contributed by atoms with Gasteiger partial charge in [0.15, 0.2) is 0 Å². The van der Waals surface area contributed by atoms with Gasteiger partial charge in [-0.2, -0.15) is 0 Å². The van der Waals surface area contributed by atoms with E-state index >= 15 is 0 Å². The fourth-order valence-corrected chi connectivity index (χ4v) is 2.75. The van der Waals surface area contributed by atoms with E-state index in [0.29, 0.717) is 6.04 Å². The van der Waals surface area contributed by atoms with E-state index in [2.05, 4.69) is 49.5 Å². The first-order chi connectivity index (χ1) is 11.2. The van der Waals surface area contributed by atoms with Gasteiger partial charge in [-0.05, 0) is 30.5 Å². The number of rotatable bonds is 8. The third-order valence-corrected chi connectivity index (χ3v) is 4.17. The van der Waals surface area contributed by atoms with Crippen molar-refractivity contribution < 1.29 is 4.74 Å². The number of methoxy groups -OCH3 is 1. The molecule has 0 fully saturated rings. The molecule has 2 aromatic carbocycles. The van der Waals surface area contributed by atoms with E-state index in [4.69, 9.17) is 10.5 Å². The number of hydrogen-bond donors (Lipinski definition) is 2. The second-order valence-corrected chi connectivity index (χ2v) is 6.00. The maximum absolute atomic E-state index is 6.07. The quantitative estimate of drug-likeness (QED) is 0.770. The largest absolute Gasteiger partial charge is 0.496 e. The Bertz CT molecular complexity index is 595. The monoisotopic (exact) mass is 312 g/mol. The Morgan fingerprint density at radius 3 is 2.43 bits per heavy atom. The molecule has 0 radical (unpaired) electrons. The summed E-state index contributed by atoms with van der Waals surface area (Å²) in [5.41, 5.74) is 9.62. The highest BCUT2D eigenvalue weighted by atomic mass is 16.5. The predicted octanol–water partition coefficient (Wildman–Crippen LogP) is 4.14. The SMILES string of the molecule is CCCC(N)CNC(C)c1ccc(-c2ccccc2OC)cc1. The van der Waals surface area contributed by atoms with Crippen molar-refractivity contribution in [3.63, 3.8) is 0 Å². The average Bonchev–Trinajstić information content (AvgIpc) is 2.60. The molecule has 0 aliphatic carbocycles. The van der Waals surface area contributed by atoms with Crippen LogP contribution in [0.2, 0.25) is 0 Å². The van der Waals surface area contributed by atoms with Crippen LogP contribution < -0.4 is 15.8 Å². The van der Waals surface area contributed by atoms with Crippen LogP contribution in [0.4, 0.5) is 0 Å². The van der Waals surface area contributed by atoms with Crippen molar-refractivity contribution >= 4 is 0 Å². The minimum atomic E-state index is 0.232. The number of nitrogens with one attached hydrogen (secondary N) is 1. The lowest BCUT2D eigenvalue weighted by atomic mass is 10.0. The molecular weight excluding hydrogens is 284 g/mol. The van der Waals surface area contributed by atoms with E-state index in [9.17, 15) is 0 Å². The second kappa shape index (κ2) is 8.70. The van der Waals surface area contributed by atoms with Gasteiger partial charge in [-0.1, -0.05) is 55.8 Å². The first-order valence-corrected chi connectivity index (χ1v) is 8.38. The lowest BCUT2D eigenvalue weighted by Crippen LogP contribution is -2.34. The third kappa shape index (κ3) is 4.81. The highest BCUT2D eigenvalue weighted by Crippen LogP contribution is 2.30. The molecule has 3 heteroatoms. The number of hydrogen-bond acceptors (Lipinski definition) is 3. The van der Waals surface area contributed by atoms with E-state index < -0.39 is 0 Å². The van der Waals surface area contributed by atoms with Crippen molar-refractivity contribution in [2.45, 2.75) is 38.8 Å². The third-order valence-electron chi connectivity index (χ3n) is 4.17. The zero-order valence-corrected chi connectivity index (χ0v) is 14.4. The number of benzene rings is 2. The molecular formula is C20H28N2O. The Hall–Kier alpha value is -1.84. The summed E-state index contributed by atoms with van der Waals surface area (Å²) in [6.07, 6.45) is 2.19. The zero-order valence-electron chi connectivity index (χ0n) is 14.4. The molecule has 2 atom stereocenters. The van der Waals surface area contributed by atoms with Gasteiger partial charge in [0.05, 0.1) is 7.11 Å². The summed E-state index contributed by atoms with van der Waals surface area (Å²) in [6, 6.07) is 17.3. The van der Waals surface area contributed by atoms with Crippen LogP contribution in [0.25, 0.3) is 11.1 Å². The van der Waals surface area contributed by atoms with Gasteiger partial charge in [0.1, 0.15) is 5.75 Å². The topological polar surface area (TPSA) is 47.3 Å². The lowest BCUT2D eigenvalue weighted by Gasteiger charge is -2.18. The summed E-state index contributed by atoms with van der Waals surface area (Å²) in [5.74, 6) is 0.900. The molecule has 23 heavy (non-hydrogen) atoms. The first-order valence-electron chi connectivity index (χ1n) is 8.38. The van der Waals surface area contributed by atoms with E-state index in [1.807, 2.05) is 18.2 Å². The fraction of sp³-hybridized carbons (Fsp3) is 0.400. The van der Waals surface area contributed by atoms with Gasteiger partial charge in [-0.3, -0.25) is 0 Å². The van der Waals surface area contributed by atoms with Gasteiger partial charge in [0.2, 0.25) is 0 Å². The standard InChI is InChI=1S/C20H28N2O/c1-4-7-18(21)14-22-15(2)16-10-12-17(13-11-16)19-8-5-6-9-20(19)23-3/h5-6,8-13,15,18,22H,4,7,14,21H2,1-3H3. The molecule has 0 saturated carbocycles. The van der Waals surface area contributed by atoms with Gasteiger partial charge in [0.25, 0.3) is 0 Å². The van der Waals surface area contributed by atoms with Crippen LogP contribution >= 0.6 is 0 Å². The van der Waals surface area contributed by atoms with Crippen molar-refractivity contribution in [3.8, 4) is 16.9 Å². The summed E-state index contributed by atoms with van der Waals surface area (Å²) in [6.45, 7) is 5.19. The van der Waals surface area contributed by atoms with Gasteiger partial charge >= 0.3 is 0 Å². The minimum Gasteiger partial charge on any atom is -0.496 e. The Balaban J connectivity index is 2.04. The molecule has 3 nitrogen and oxygen atoms in total. The molecule has 3 N–H and O–H groups in total. The molecule has 0 heterocycles. The molecule has 2 aromatic rings. The molecule has 0 aromatic heterocycles. The molecule has 2 rings (SSSR count). The fourth-order valence-electron chi connectivity index (χ4n) is 2.75. The number of para-hydroxylation sites is 1. The van der Waals surface area contributed by atoms with Crippen LogP contribution in [0.15, 0.2) is 48.5 Å². The maximum Gasteiger partial charge on any atom is 0.126 e. The van der Waals surface area contributed by atoms with Crippen molar-refractivity contribution in [3.05, 3.63) is 54.1 Å². The zero-order chi connectivity index (χ0) is 16.7. The molecule has 124 valence electrons. The van der Waals surface area contributed by atoms with Crippen LogP contribution in [0.3, 0.4) is 0 Å². The minimum absolute atomic E-state index is 0.232. The molecule has 2 unspecified atom stereocenters. The van der Waals surface area contributed by atoms with Crippen molar-refractivity contribution in [1.29, 1.82) is 0 Å². The first kappa shape index (κ1) is 17.5. The lowest BCUT2D eigenvalue weighted by molar-refractivity contribution is 0.416. The van der Waals surface area contributed by atoms with Gasteiger partial charge < -0.3 is 15.8 Å². The van der Waals surface area contributed by atoms with Gasteiger partial charge in [-0.25, -0.2) is 0 Å². The van der Waals surface area contributed by atoms with Crippen molar-refractivity contribution in [2.75, 3.05) is 13.7 Å². The van der Waals surface area contributed by atoms with Crippen LogP contribution in [0.1, 0.15) is 38.3 Å². The highest BCUT2D eigenvalue weighted by Gasteiger charge is 2.09. The van der Waals surface area contributed by atoms with E-state index in [-0.39, 0.29) is 6.04 Å². The van der Waals surface area contributed by atoms with E-state index in [0.717, 1.165) is 30.7 Å². The van der Waals surface area contributed by atoms with Crippen molar-refractivity contribution in [2.24, 2.45) is 5.73 Å². The Morgan fingerprint density at radius 1 is 1.09 bits per heavy atom. The molecule has 0 amide bonds. The van der Waals surface area contributed by atoms with Gasteiger partial charge in [-0.15, -0.1) is 0 Å². The second-order valence-electron chi connectivity index (χ2n) is 6.00. The van der Waals surface area contributed by atoms with E-state index in [1.54, 1.807) is 7.11 Å². The van der Waals surface area contributed by atoms with E-state index in [1.165, 1.54) is 11.1 Å². The molecule has 0 saturated heterocycles. The summed E-state index contributed by atoms with van der Waals surface area (Å²) in [4.78, 5) is 0. The van der Waals surface area contributed by atoms with Crippen LogP contribution in [-0.4, -0.2) is 19.7 Å².